The molecule has 2 N–H and O–H groups in total. The number of aryl methyl sites for hydroxylation is 1. The maximum atomic E-state index is 12.3. The third kappa shape index (κ3) is 5.41. The van der Waals surface area contributed by atoms with Crippen molar-refractivity contribution in [2.75, 3.05) is 26.2 Å². The van der Waals surface area contributed by atoms with Crippen LogP contribution in [-0.4, -0.2) is 42.9 Å². The number of nitrogens with one attached hydrogen (secondary N) is 2. The highest BCUT2D eigenvalue weighted by molar-refractivity contribution is 5.96. The Morgan fingerprint density at radius 3 is 2.44 bits per heavy atom. The molecule has 0 saturated carbocycles. The minimum Gasteiger partial charge on any atom is -0.353 e. The van der Waals surface area contributed by atoms with Crippen molar-refractivity contribution in [1.29, 1.82) is 0 Å². The van der Waals surface area contributed by atoms with Gasteiger partial charge in [-0.25, -0.2) is 0 Å². The fraction of sp³-hybridized carbons (Fsp3) is 0.364. The van der Waals surface area contributed by atoms with Crippen LogP contribution in [-0.2, 0) is 4.79 Å². The highest BCUT2D eigenvalue weighted by Gasteiger charge is 2.23. The molecule has 1 heterocycles. The number of rotatable bonds is 7. The number of likely N-dealkylation sites (tertiary alicyclic amines) is 1. The van der Waals surface area contributed by atoms with Gasteiger partial charge in [0.1, 0.15) is 0 Å². The molecule has 1 fully saturated rings. The summed E-state index contributed by atoms with van der Waals surface area (Å²) >= 11 is 0. The van der Waals surface area contributed by atoms with Crippen molar-refractivity contribution in [1.82, 2.24) is 15.5 Å². The van der Waals surface area contributed by atoms with Crippen molar-refractivity contribution in [3.05, 3.63) is 71.3 Å². The Balaban J connectivity index is 1.52. The molecule has 0 bridgehead atoms. The van der Waals surface area contributed by atoms with E-state index in [1.54, 1.807) is 6.07 Å². The summed E-state index contributed by atoms with van der Waals surface area (Å²) in [5.41, 5.74) is 2.80. The van der Waals surface area contributed by atoms with Crippen LogP contribution in [0.2, 0.25) is 0 Å². The molecular formula is C22H27N3O2. The van der Waals surface area contributed by atoms with E-state index in [0.29, 0.717) is 12.1 Å². The molecule has 142 valence electrons. The second-order valence-corrected chi connectivity index (χ2v) is 7.03. The van der Waals surface area contributed by atoms with Gasteiger partial charge in [-0.3, -0.25) is 14.5 Å². The van der Waals surface area contributed by atoms with Crippen LogP contribution in [0.25, 0.3) is 0 Å². The summed E-state index contributed by atoms with van der Waals surface area (Å²) in [7, 11) is 0. The van der Waals surface area contributed by atoms with Crippen molar-refractivity contribution in [3.8, 4) is 0 Å². The Labute approximate surface area is 160 Å². The standard InChI is InChI=1S/C22H27N3O2/c1-17-8-7-11-19(14-17)22(27)24-16-21(26)23-15-20(25-12-5-6-13-25)18-9-3-2-4-10-18/h2-4,7-11,14,20H,5-6,12-13,15-16H2,1H3,(H,23,26)(H,24,27). The molecule has 3 rings (SSSR count). The second-order valence-electron chi connectivity index (χ2n) is 7.03. The van der Waals surface area contributed by atoms with Crippen molar-refractivity contribution in [2.24, 2.45) is 0 Å². The van der Waals surface area contributed by atoms with Gasteiger partial charge in [-0.15, -0.1) is 0 Å². The molecule has 2 aromatic carbocycles. The van der Waals surface area contributed by atoms with Gasteiger partial charge in [0.15, 0.2) is 0 Å². The van der Waals surface area contributed by atoms with E-state index in [1.807, 2.05) is 43.3 Å². The Hall–Kier alpha value is -2.66. The molecule has 1 unspecified atom stereocenters. The number of hydrogen-bond acceptors (Lipinski definition) is 3. The number of nitrogens with zero attached hydrogens (tertiary/aromatic N) is 1. The summed E-state index contributed by atoms with van der Waals surface area (Å²) in [6.07, 6.45) is 2.40. The summed E-state index contributed by atoms with van der Waals surface area (Å²) in [6.45, 7) is 4.57. The first-order valence-electron chi connectivity index (χ1n) is 9.54. The molecule has 27 heavy (non-hydrogen) atoms. The van der Waals surface area contributed by atoms with E-state index in [0.717, 1.165) is 18.7 Å². The highest BCUT2D eigenvalue weighted by Crippen LogP contribution is 2.24. The lowest BCUT2D eigenvalue weighted by Crippen LogP contribution is -2.41. The van der Waals surface area contributed by atoms with E-state index >= 15 is 0 Å². The largest absolute Gasteiger partial charge is 0.353 e. The normalized spacial score (nSPS) is 15.3. The lowest BCUT2D eigenvalue weighted by molar-refractivity contribution is -0.120. The molecule has 0 radical (unpaired) electrons. The van der Waals surface area contributed by atoms with Crippen LogP contribution in [0.4, 0.5) is 0 Å². The van der Waals surface area contributed by atoms with E-state index in [9.17, 15) is 9.59 Å². The minimum atomic E-state index is -0.229. The van der Waals surface area contributed by atoms with E-state index in [4.69, 9.17) is 0 Å². The molecule has 2 amide bonds. The number of benzene rings is 2. The molecule has 5 nitrogen and oxygen atoms in total. The van der Waals surface area contributed by atoms with Crippen LogP contribution in [0.3, 0.4) is 0 Å². The van der Waals surface area contributed by atoms with Crippen LogP contribution in [0.1, 0.15) is 40.4 Å². The van der Waals surface area contributed by atoms with Gasteiger partial charge in [-0.05, 0) is 50.6 Å². The average molecular weight is 365 g/mol. The maximum Gasteiger partial charge on any atom is 0.251 e. The van der Waals surface area contributed by atoms with Crippen molar-refractivity contribution in [3.63, 3.8) is 0 Å². The molecular weight excluding hydrogens is 338 g/mol. The summed E-state index contributed by atoms with van der Waals surface area (Å²) in [6, 6.07) is 17.8. The Bertz CT molecular complexity index is 770. The lowest BCUT2D eigenvalue weighted by atomic mass is 10.1. The molecule has 0 aromatic heterocycles. The monoisotopic (exact) mass is 365 g/mol. The molecule has 5 heteroatoms. The molecule has 0 aliphatic carbocycles. The number of carbonyl (C=O) groups excluding carboxylic acids is 2. The van der Waals surface area contributed by atoms with Crippen molar-refractivity contribution >= 4 is 11.8 Å². The van der Waals surface area contributed by atoms with Crippen LogP contribution in [0.5, 0.6) is 0 Å². The predicted octanol–water partition coefficient (Wildman–Crippen LogP) is 2.68. The zero-order valence-electron chi connectivity index (χ0n) is 15.8. The number of amides is 2. The van der Waals surface area contributed by atoms with Crippen LogP contribution in [0.15, 0.2) is 54.6 Å². The second kappa shape index (κ2) is 9.33. The van der Waals surface area contributed by atoms with Gasteiger partial charge in [-0.2, -0.15) is 0 Å². The zero-order chi connectivity index (χ0) is 19.1. The van der Waals surface area contributed by atoms with Crippen LogP contribution < -0.4 is 10.6 Å². The molecule has 1 saturated heterocycles. The summed E-state index contributed by atoms with van der Waals surface area (Å²) < 4.78 is 0. The fourth-order valence-corrected chi connectivity index (χ4v) is 3.51. The van der Waals surface area contributed by atoms with E-state index < -0.39 is 0 Å². The summed E-state index contributed by atoms with van der Waals surface area (Å²) in [5, 5.41) is 5.68. The predicted molar refractivity (Wildman–Crippen MR) is 107 cm³/mol. The molecule has 1 aliphatic heterocycles. The van der Waals surface area contributed by atoms with Crippen LogP contribution >= 0.6 is 0 Å². The van der Waals surface area contributed by atoms with Gasteiger partial charge in [0.2, 0.25) is 5.91 Å². The summed E-state index contributed by atoms with van der Waals surface area (Å²) in [5.74, 6) is -0.399. The molecule has 1 aliphatic rings. The first-order valence-corrected chi connectivity index (χ1v) is 9.54. The summed E-state index contributed by atoms with van der Waals surface area (Å²) in [4.78, 5) is 26.8. The zero-order valence-corrected chi connectivity index (χ0v) is 15.8. The quantitative estimate of drug-likeness (QED) is 0.793. The third-order valence-electron chi connectivity index (χ3n) is 4.95. The van der Waals surface area contributed by atoms with Crippen LogP contribution in [0, 0.1) is 6.92 Å². The maximum absolute atomic E-state index is 12.3. The average Bonchev–Trinajstić information content (AvgIpc) is 3.21. The van der Waals surface area contributed by atoms with Gasteiger partial charge in [0.05, 0.1) is 12.6 Å². The fourth-order valence-electron chi connectivity index (χ4n) is 3.51. The topological polar surface area (TPSA) is 61.4 Å². The number of hydrogen-bond donors (Lipinski definition) is 2. The van der Waals surface area contributed by atoms with Crippen molar-refractivity contribution in [2.45, 2.75) is 25.8 Å². The van der Waals surface area contributed by atoms with E-state index in [-0.39, 0.29) is 24.4 Å². The molecule has 1 atom stereocenters. The lowest BCUT2D eigenvalue weighted by Gasteiger charge is -2.28. The smallest absolute Gasteiger partial charge is 0.251 e. The molecule has 2 aromatic rings. The molecule has 0 spiro atoms. The number of carbonyl (C=O) groups is 2. The van der Waals surface area contributed by atoms with E-state index in [1.165, 1.54) is 18.4 Å². The highest BCUT2D eigenvalue weighted by atomic mass is 16.2. The van der Waals surface area contributed by atoms with Gasteiger partial charge in [0.25, 0.3) is 5.91 Å². The van der Waals surface area contributed by atoms with Crippen molar-refractivity contribution < 1.29 is 9.59 Å². The first-order chi connectivity index (χ1) is 13.1. The van der Waals surface area contributed by atoms with Gasteiger partial charge < -0.3 is 10.6 Å². The minimum absolute atomic E-state index is 0.0196. The Morgan fingerprint density at radius 2 is 1.74 bits per heavy atom. The Kier molecular flexibility index (Phi) is 6.60. The van der Waals surface area contributed by atoms with Gasteiger partial charge in [0, 0.05) is 12.1 Å². The van der Waals surface area contributed by atoms with Gasteiger partial charge >= 0.3 is 0 Å². The Morgan fingerprint density at radius 1 is 1.00 bits per heavy atom. The van der Waals surface area contributed by atoms with Gasteiger partial charge in [-0.1, -0.05) is 48.0 Å². The SMILES string of the molecule is Cc1cccc(C(=O)NCC(=O)NCC(c2ccccc2)N2CCCC2)c1. The first kappa shape index (κ1) is 19.1. The van der Waals surface area contributed by atoms with E-state index in [2.05, 4.69) is 27.7 Å². The third-order valence-corrected chi connectivity index (χ3v) is 4.95.